The van der Waals surface area contributed by atoms with Crippen molar-refractivity contribution >= 4 is 22.3 Å². The van der Waals surface area contributed by atoms with Crippen LogP contribution < -0.4 is 11.1 Å². The summed E-state index contributed by atoms with van der Waals surface area (Å²) in [6.07, 6.45) is 3.54. The molecule has 3 aromatic rings. The van der Waals surface area contributed by atoms with Crippen molar-refractivity contribution in [1.29, 1.82) is 0 Å². The smallest absolute Gasteiger partial charge is 0.150 e. The van der Waals surface area contributed by atoms with Crippen molar-refractivity contribution in [3.63, 3.8) is 0 Å². The minimum absolute atomic E-state index is 0.364. The Morgan fingerprint density at radius 1 is 1.43 bits per heavy atom. The molecule has 1 aromatic carbocycles. The number of hydrogen-bond donors (Lipinski definition) is 2. The number of nitrogen functional groups attached to an aromatic ring is 1. The molecule has 0 aliphatic rings. The number of nitrogens with two attached hydrogens (primary N) is 1. The van der Waals surface area contributed by atoms with Crippen LogP contribution >= 0.6 is 0 Å². The molecular weight excluding hydrogens is 269 g/mol. The average molecular weight is 285 g/mol. The SMILES string of the molecule is Cc1nn(C)cc1CNc1c(F)cc(N)c2cccnc12. The zero-order valence-corrected chi connectivity index (χ0v) is 11.9. The highest BCUT2D eigenvalue weighted by Gasteiger charge is 2.12. The van der Waals surface area contributed by atoms with Crippen LogP contribution in [0, 0.1) is 12.7 Å². The predicted octanol–water partition coefficient (Wildman–Crippen LogP) is 2.61. The summed E-state index contributed by atoms with van der Waals surface area (Å²) in [6, 6.07) is 4.94. The molecule has 0 saturated carbocycles. The van der Waals surface area contributed by atoms with Gasteiger partial charge in [0.15, 0.2) is 5.82 Å². The van der Waals surface area contributed by atoms with Gasteiger partial charge in [-0.1, -0.05) is 0 Å². The number of aromatic nitrogens is 3. The molecule has 0 spiro atoms. The maximum Gasteiger partial charge on any atom is 0.150 e. The summed E-state index contributed by atoms with van der Waals surface area (Å²) in [5.41, 5.74) is 9.06. The molecule has 2 heterocycles. The lowest BCUT2D eigenvalue weighted by Gasteiger charge is -2.11. The van der Waals surface area contributed by atoms with E-state index in [4.69, 9.17) is 5.73 Å². The largest absolute Gasteiger partial charge is 0.398 e. The van der Waals surface area contributed by atoms with E-state index >= 15 is 0 Å². The number of benzene rings is 1. The number of fused-ring (bicyclic) bond motifs is 1. The molecule has 0 unspecified atom stereocenters. The van der Waals surface area contributed by atoms with Crippen LogP contribution in [0.5, 0.6) is 0 Å². The van der Waals surface area contributed by atoms with Gasteiger partial charge in [0.1, 0.15) is 0 Å². The molecule has 0 saturated heterocycles. The van der Waals surface area contributed by atoms with Crippen molar-refractivity contribution in [3.05, 3.63) is 47.7 Å². The highest BCUT2D eigenvalue weighted by Crippen LogP contribution is 2.30. The van der Waals surface area contributed by atoms with E-state index in [0.717, 1.165) is 16.6 Å². The average Bonchev–Trinajstić information content (AvgIpc) is 2.77. The molecule has 3 rings (SSSR count). The first-order chi connectivity index (χ1) is 10.1. The molecule has 108 valence electrons. The van der Waals surface area contributed by atoms with Crippen LogP contribution in [0.2, 0.25) is 0 Å². The Morgan fingerprint density at radius 2 is 2.24 bits per heavy atom. The van der Waals surface area contributed by atoms with E-state index in [1.54, 1.807) is 16.9 Å². The summed E-state index contributed by atoms with van der Waals surface area (Å²) in [5, 5.41) is 8.12. The highest BCUT2D eigenvalue weighted by atomic mass is 19.1. The molecular formula is C15H16FN5. The second-order valence-corrected chi connectivity index (χ2v) is 4.99. The summed E-state index contributed by atoms with van der Waals surface area (Å²) in [7, 11) is 1.86. The van der Waals surface area contributed by atoms with Crippen molar-refractivity contribution in [1.82, 2.24) is 14.8 Å². The standard InChI is InChI=1S/C15H16FN5/c1-9-10(8-21(2)20-9)7-19-15-12(16)6-13(17)11-4-3-5-18-14(11)15/h3-6,8,19H,7,17H2,1-2H3. The Balaban J connectivity index is 1.99. The van der Waals surface area contributed by atoms with Gasteiger partial charge in [0, 0.05) is 42.6 Å². The monoisotopic (exact) mass is 285 g/mol. The first kappa shape index (κ1) is 13.4. The molecule has 2 aromatic heterocycles. The zero-order valence-electron chi connectivity index (χ0n) is 11.9. The van der Waals surface area contributed by atoms with Crippen LogP contribution in [-0.2, 0) is 13.6 Å². The van der Waals surface area contributed by atoms with Gasteiger partial charge in [0.05, 0.1) is 16.9 Å². The van der Waals surface area contributed by atoms with Crippen LogP contribution in [0.3, 0.4) is 0 Å². The van der Waals surface area contributed by atoms with Crippen LogP contribution in [0.4, 0.5) is 15.8 Å². The quantitative estimate of drug-likeness (QED) is 0.726. The van der Waals surface area contributed by atoms with Crippen LogP contribution in [0.25, 0.3) is 10.9 Å². The fourth-order valence-electron chi connectivity index (χ4n) is 2.41. The van der Waals surface area contributed by atoms with Gasteiger partial charge in [-0.05, 0) is 25.1 Å². The minimum atomic E-state index is -0.403. The molecule has 0 atom stereocenters. The summed E-state index contributed by atoms with van der Waals surface area (Å²) >= 11 is 0. The van der Waals surface area contributed by atoms with Gasteiger partial charge in [0.2, 0.25) is 0 Å². The van der Waals surface area contributed by atoms with Gasteiger partial charge in [0.25, 0.3) is 0 Å². The summed E-state index contributed by atoms with van der Waals surface area (Å²) < 4.78 is 15.9. The van der Waals surface area contributed by atoms with E-state index in [1.807, 2.05) is 26.2 Å². The fourth-order valence-corrected chi connectivity index (χ4v) is 2.41. The van der Waals surface area contributed by atoms with Crippen LogP contribution in [0.1, 0.15) is 11.3 Å². The number of nitrogens with zero attached hydrogens (tertiary/aromatic N) is 3. The third-order valence-electron chi connectivity index (χ3n) is 3.45. The van der Waals surface area contributed by atoms with Gasteiger partial charge in [-0.2, -0.15) is 5.10 Å². The van der Waals surface area contributed by atoms with Crippen molar-refractivity contribution in [2.24, 2.45) is 7.05 Å². The fraction of sp³-hybridized carbons (Fsp3) is 0.200. The van der Waals surface area contributed by atoms with E-state index < -0.39 is 5.82 Å². The van der Waals surface area contributed by atoms with Crippen molar-refractivity contribution in [3.8, 4) is 0 Å². The summed E-state index contributed by atoms with van der Waals surface area (Å²) in [6.45, 7) is 2.40. The molecule has 0 fully saturated rings. The van der Waals surface area contributed by atoms with E-state index in [2.05, 4.69) is 15.4 Å². The maximum absolute atomic E-state index is 14.2. The topological polar surface area (TPSA) is 68.8 Å². The van der Waals surface area contributed by atoms with Crippen LogP contribution in [0.15, 0.2) is 30.6 Å². The Kier molecular flexibility index (Phi) is 3.21. The molecule has 5 nitrogen and oxygen atoms in total. The first-order valence-electron chi connectivity index (χ1n) is 6.62. The number of pyridine rings is 1. The predicted molar refractivity (Wildman–Crippen MR) is 81.4 cm³/mol. The minimum Gasteiger partial charge on any atom is -0.398 e. The van der Waals surface area contributed by atoms with Gasteiger partial charge >= 0.3 is 0 Å². The van der Waals surface area contributed by atoms with Crippen LogP contribution in [-0.4, -0.2) is 14.8 Å². The molecule has 0 amide bonds. The van der Waals surface area contributed by atoms with Gasteiger partial charge in [-0.3, -0.25) is 9.67 Å². The molecule has 0 aliphatic carbocycles. The number of aryl methyl sites for hydroxylation is 2. The highest BCUT2D eigenvalue weighted by molar-refractivity contribution is 5.98. The van der Waals surface area contributed by atoms with Crippen molar-refractivity contribution in [2.45, 2.75) is 13.5 Å². The molecule has 0 bridgehead atoms. The van der Waals surface area contributed by atoms with E-state index in [-0.39, 0.29) is 0 Å². The lowest BCUT2D eigenvalue weighted by molar-refractivity contribution is 0.632. The summed E-state index contributed by atoms with van der Waals surface area (Å²) in [4.78, 5) is 4.24. The normalized spacial score (nSPS) is 11.0. The van der Waals surface area contributed by atoms with Crippen molar-refractivity contribution < 1.29 is 4.39 Å². The van der Waals surface area contributed by atoms with E-state index in [0.29, 0.717) is 23.4 Å². The second-order valence-electron chi connectivity index (χ2n) is 4.99. The zero-order chi connectivity index (χ0) is 15.0. The number of anilines is 2. The number of hydrogen-bond acceptors (Lipinski definition) is 4. The third kappa shape index (κ3) is 2.40. The maximum atomic E-state index is 14.2. The summed E-state index contributed by atoms with van der Waals surface area (Å²) in [5.74, 6) is -0.403. The van der Waals surface area contributed by atoms with Gasteiger partial charge in [-0.25, -0.2) is 4.39 Å². The molecule has 21 heavy (non-hydrogen) atoms. The Morgan fingerprint density at radius 3 is 2.95 bits per heavy atom. The lowest BCUT2D eigenvalue weighted by atomic mass is 10.1. The Bertz CT molecular complexity index is 809. The Labute approximate surface area is 121 Å². The molecule has 0 radical (unpaired) electrons. The third-order valence-corrected chi connectivity index (χ3v) is 3.45. The van der Waals surface area contributed by atoms with Crippen molar-refractivity contribution in [2.75, 3.05) is 11.1 Å². The number of rotatable bonds is 3. The molecule has 3 N–H and O–H groups in total. The van der Waals surface area contributed by atoms with Gasteiger partial charge < -0.3 is 11.1 Å². The lowest BCUT2D eigenvalue weighted by Crippen LogP contribution is -2.04. The Hall–Kier alpha value is -2.63. The van der Waals surface area contributed by atoms with E-state index in [9.17, 15) is 4.39 Å². The van der Waals surface area contributed by atoms with Gasteiger partial charge in [-0.15, -0.1) is 0 Å². The molecule has 0 aliphatic heterocycles. The molecule has 6 heteroatoms. The number of nitrogens with one attached hydrogen (secondary N) is 1. The number of halogens is 1. The second kappa shape index (κ2) is 5.05. The van der Waals surface area contributed by atoms with E-state index in [1.165, 1.54) is 6.07 Å². The first-order valence-corrected chi connectivity index (χ1v) is 6.62.